The maximum atomic E-state index is 5.75. The van der Waals surface area contributed by atoms with Gasteiger partial charge in [0.15, 0.2) is 0 Å². The van der Waals surface area contributed by atoms with Crippen LogP contribution >= 0.6 is 0 Å². The van der Waals surface area contributed by atoms with E-state index in [9.17, 15) is 0 Å². The molecular formula is C21H19N5O. The normalized spacial score (nSPS) is 10.8. The van der Waals surface area contributed by atoms with Gasteiger partial charge in [0, 0.05) is 18.1 Å². The van der Waals surface area contributed by atoms with Gasteiger partial charge in [0.2, 0.25) is 5.88 Å². The van der Waals surface area contributed by atoms with Crippen LogP contribution in [-0.4, -0.2) is 27.0 Å². The molecule has 4 rings (SSSR count). The van der Waals surface area contributed by atoms with E-state index in [1.807, 2.05) is 74.3 Å². The molecule has 2 aromatic carbocycles. The highest BCUT2D eigenvalue weighted by molar-refractivity contribution is 5.91. The zero-order chi connectivity index (χ0) is 18.8. The number of fused-ring (bicyclic) bond motifs is 1. The van der Waals surface area contributed by atoms with E-state index in [2.05, 4.69) is 19.9 Å². The van der Waals surface area contributed by atoms with E-state index in [0.29, 0.717) is 11.6 Å². The topological polar surface area (TPSA) is 64.0 Å². The Labute approximate surface area is 157 Å². The van der Waals surface area contributed by atoms with E-state index in [1.54, 1.807) is 12.4 Å². The van der Waals surface area contributed by atoms with Crippen molar-refractivity contribution in [2.75, 3.05) is 11.9 Å². The van der Waals surface area contributed by atoms with Crippen molar-refractivity contribution in [3.63, 3.8) is 0 Å². The van der Waals surface area contributed by atoms with Crippen LogP contribution in [0.2, 0.25) is 0 Å². The quantitative estimate of drug-likeness (QED) is 0.532. The lowest BCUT2D eigenvalue weighted by Crippen LogP contribution is -2.12. The molecule has 134 valence electrons. The molecule has 0 N–H and O–H groups in total. The van der Waals surface area contributed by atoms with Gasteiger partial charge >= 0.3 is 0 Å². The number of ether oxygens (including phenoxy) is 1. The van der Waals surface area contributed by atoms with Crippen molar-refractivity contribution in [2.45, 2.75) is 13.8 Å². The van der Waals surface area contributed by atoms with E-state index >= 15 is 0 Å². The number of hydrogen-bond donors (Lipinski definition) is 0. The van der Waals surface area contributed by atoms with Crippen molar-refractivity contribution < 1.29 is 4.74 Å². The van der Waals surface area contributed by atoms with E-state index in [1.165, 1.54) is 0 Å². The lowest BCUT2D eigenvalue weighted by molar-refractivity contribution is 0.459. The first-order valence-electron chi connectivity index (χ1n) is 8.64. The molecule has 0 unspecified atom stereocenters. The minimum Gasteiger partial charge on any atom is -0.438 e. The van der Waals surface area contributed by atoms with Crippen LogP contribution in [0.4, 0.5) is 11.5 Å². The Morgan fingerprint density at radius 3 is 2.37 bits per heavy atom. The molecule has 0 saturated heterocycles. The molecule has 0 fully saturated rings. The maximum Gasteiger partial charge on any atom is 0.237 e. The predicted octanol–water partition coefficient (Wildman–Crippen LogP) is 4.60. The molecule has 0 atom stereocenters. The number of anilines is 2. The Kier molecular flexibility index (Phi) is 4.38. The zero-order valence-corrected chi connectivity index (χ0v) is 15.4. The first kappa shape index (κ1) is 16.9. The SMILES string of the molecule is Cc1cnc(Oc2ccc(N(C)c3nc(C)nc4ccccc34)cc2)cn1. The molecule has 0 bridgehead atoms. The summed E-state index contributed by atoms with van der Waals surface area (Å²) in [6.07, 6.45) is 3.30. The fraction of sp³-hybridized carbons (Fsp3) is 0.143. The second kappa shape index (κ2) is 6.99. The number of aryl methyl sites for hydroxylation is 2. The summed E-state index contributed by atoms with van der Waals surface area (Å²) in [5, 5.41) is 1.01. The molecule has 27 heavy (non-hydrogen) atoms. The van der Waals surface area contributed by atoms with Crippen LogP contribution in [0.15, 0.2) is 60.9 Å². The summed E-state index contributed by atoms with van der Waals surface area (Å²) in [7, 11) is 2.00. The Balaban J connectivity index is 1.61. The fourth-order valence-electron chi connectivity index (χ4n) is 2.84. The van der Waals surface area contributed by atoms with E-state index < -0.39 is 0 Å². The number of nitrogens with zero attached hydrogens (tertiary/aromatic N) is 5. The summed E-state index contributed by atoms with van der Waals surface area (Å²) in [6, 6.07) is 15.8. The number of rotatable bonds is 4. The van der Waals surface area contributed by atoms with Crippen LogP contribution in [0.1, 0.15) is 11.5 Å². The third-order valence-corrected chi connectivity index (χ3v) is 4.22. The molecule has 0 aliphatic heterocycles. The van der Waals surface area contributed by atoms with Crippen LogP contribution in [0.3, 0.4) is 0 Å². The summed E-state index contributed by atoms with van der Waals surface area (Å²) < 4.78 is 5.75. The molecule has 0 spiro atoms. The molecular weight excluding hydrogens is 338 g/mol. The van der Waals surface area contributed by atoms with Gasteiger partial charge in [-0.05, 0) is 50.2 Å². The lowest BCUT2D eigenvalue weighted by Gasteiger charge is -2.20. The largest absolute Gasteiger partial charge is 0.438 e. The smallest absolute Gasteiger partial charge is 0.237 e. The maximum absolute atomic E-state index is 5.75. The predicted molar refractivity (Wildman–Crippen MR) is 106 cm³/mol. The van der Waals surface area contributed by atoms with Gasteiger partial charge in [-0.2, -0.15) is 0 Å². The van der Waals surface area contributed by atoms with Gasteiger partial charge in [0.05, 0.1) is 23.6 Å². The molecule has 0 saturated carbocycles. The first-order chi connectivity index (χ1) is 13.1. The molecule has 0 amide bonds. The third-order valence-electron chi connectivity index (χ3n) is 4.22. The summed E-state index contributed by atoms with van der Waals surface area (Å²) >= 11 is 0. The van der Waals surface area contributed by atoms with E-state index in [4.69, 9.17) is 4.74 Å². The fourth-order valence-corrected chi connectivity index (χ4v) is 2.84. The van der Waals surface area contributed by atoms with Crippen LogP contribution in [0, 0.1) is 13.8 Å². The third kappa shape index (κ3) is 3.55. The minimum absolute atomic E-state index is 0.471. The summed E-state index contributed by atoms with van der Waals surface area (Å²) in [5.74, 6) is 2.79. The van der Waals surface area contributed by atoms with Crippen molar-refractivity contribution in [1.82, 2.24) is 19.9 Å². The van der Waals surface area contributed by atoms with Crippen LogP contribution in [-0.2, 0) is 0 Å². The van der Waals surface area contributed by atoms with Crippen molar-refractivity contribution in [2.24, 2.45) is 0 Å². The zero-order valence-electron chi connectivity index (χ0n) is 15.4. The number of hydrogen-bond acceptors (Lipinski definition) is 6. The highest BCUT2D eigenvalue weighted by Gasteiger charge is 2.12. The number of aromatic nitrogens is 4. The second-order valence-electron chi connectivity index (χ2n) is 6.26. The van der Waals surface area contributed by atoms with Gasteiger partial charge in [-0.1, -0.05) is 12.1 Å². The first-order valence-corrected chi connectivity index (χ1v) is 8.64. The summed E-state index contributed by atoms with van der Waals surface area (Å²) in [5.41, 5.74) is 2.79. The number of para-hydroxylation sites is 1. The average molecular weight is 357 g/mol. The minimum atomic E-state index is 0.471. The monoisotopic (exact) mass is 357 g/mol. The molecule has 0 aliphatic carbocycles. The van der Waals surface area contributed by atoms with Gasteiger partial charge in [0.1, 0.15) is 17.4 Å². The van der Waals surface area contributed by atoms with Crippen molar-refractivity contribution in [3.05, 3.63) is 72.4 Å². The van der Waals surface area contributed by atoms with Gasteiger partial charge in [-0.15, -0.1) is 0 Å². The number of benzene rings is 2. The molecule has 6 nitrogen and oxygen atoms in total. The van der Waals surface area contributed by atoms with Crippen LogP contribution in [0.25, 0.3) is 10.9 Å². The average Bonchev–Trinajstić information content (AvgIpc) is 2.69. The molecule has 2 heterocycles. The van der Waals surface area contributed by atoms with Gasteiger partial charge in [-0.3, -0.25) is 4.98 Å². The molecule has 6 heteroatoms. The van der Waals surface area contributed by atoms with Crippen molar-refractivity contribution in [1.29, 1.82) is 0 Å². The molecule has 4 aromatic rings. The Bertz CT molecular complexity index is 1080. The van der Waals surface area contributed by atoms with Crippen molar-refractivity contribution >= 4 is 22.4 Å². The molecule has 0 aliphatic rings. The van der Waals surface area contributed by atoms with E-state index in [-0.39, 0.29) is 0 Å². The van der Waals surface area contributed by atoms with Gasteiger partial charge in [-0.25, -0.2) is 15.0 Å². The molecule has 0 radical (unpaired) electrons. The van der Waals surface area contributed by atoms with Gasteiger partial charge in [0.25, 0.3) is 0 Å². The summed E-state index contributed by atoms with van der Waals surface area (Å²) in [4.78, 5) is 19.6. The molecule has 2 aromatic heterocycles. The van der Waals surface area contributed by atoms with Crippen LogP contribution in [0.5, 0.6) is 11.6 Å². The van der Waals surface area contributed by atoms with Crippen molar-refractivity contribution in [3.8, 4) is 11.6 Å². The second-order valence-corrected chi connectivity index (χ2v) is 6.26. The Morgan fingerprint density at radius 2 is 1.63 bits per heavy atom. The summed E-state index contributed by atoms with van der Waals surface area (Å²) in [6.45, 7) is 3.79. The highest BCUT2D eigenvalue weighted by Crippen LogP contribution is 2.30. The van der Waals surface area contributed by atoms with Crippen LogP contribution < -0.4 is 9.64 Å². The lowest BCUT2D eigenvalue weighted by atomic mass is 10.2. The van der Waals surface area contributed by atoms with Gasteiger partial charge < -0.3 is 9.64 Å². The standard InChI is InChI=1S/C21H19N5O/c1-14-12-23-20(13-22-14)27-17-10-8-16(9-11-17)26(3)21-18-6-4-5-7-19(18)24-15(2)25-21/h4-13H,1-3H3. The van der Waals surface area contributed by atoms with E-state index in [0.717, 1.165) is 33.9 Å². The Morgan fingerprint density at radius 1 is 0.852 bits per heavy atom. The highest BCUT2D eigenvalue weighted by atomic mass is 16.5. The Hall–Kier alpha value is -3.54.